The zero-order valence-corrected chi connectivity index (χ0v) is 13.4. The van der Waals surface area contributed by atoms with Gasteiger partial charge in [0.25, 0.3) is 0 Å². The third kappa shape index (κ3) is 3.59. The molecule has 0 aliphatic carbocycles. The lowest BCUT2D eigenvalue weighted by Crippen LogP contribution is -2.30. The standard InChI is InChI=1S/C16H14F3NO3S/c1-11-6-8-12(9-7-11)24(22,23)15(20-10-21)13-4-2-3-5-14(13)16(17,18)19/h2-10,15H,1H3,(H,20,21). The molecule has 1 amide bonds. The Balaban J connectivity index is 2.63. The normalized spacial score (nSPS) is 13.3. The summed E-state index contributed by atoms with van der Waals surface area (Å²) in [4.78, 5) is 10.6. The highest BCUT2D eigenvalue weighted by atomic mass is 32.2. The largest absolute Gasteiger partial charge is 0.416 e. The van der Waals surface area contributed by atoms with Gasteiger partial charge in [-0.05, 0) is 25.1 Å². The topological polar surface area (TPSA) is 63.2 Å². The van der Waals surface area contributed by atoms with Crippen molar-refractivity contribution in [2.45, 2.75) is 23.4 Å². The lowest BCUT2D eigenvalue weighted by Gasteiger charge is -2.21. The Kier molecular flexibility index (Phi) is 4.98. The molecule has 0 fully saturated rings. The molecule has 2 aromatic rings. The van der Waals surface area contributed by atoms with Crippen molar-refractivity contribution in [2.75, 3.05) is 0 Å². The minimum absolute atomic E-state index is 0.0730. The van der Waals surface area contributed by atoms with E-state index in [4.69, 9.17) is 0 Å². The molecule has 1 atom stereocenters. The molecule has 2 aromatic carbocycles. The average molecular weight is 357 g/mol. The summed E-state index contributed by atoms with van der Waals surface area (Å²) in [5.74, 6) is 0. The Labute approximate surface area is 137 Å². The van der Waals surface area contributed by atoms with E-state index in [1.807, 2.05) is 5.32 Å². The Morgan fingerprint density at radius 2 is 1.62 bits per heavy atom. The monoisotopic (exact) mass is 357 g/mol. The van der Waals surface area contributed by atoms with Crippen LogP contribution < -0.4 is 5.32 Å². The van der Waals surface area contributed by atoms with Crippen LogP contribution in [0.25, 0.3) is 0 Å². The average Bonchev–Trinajstić information content (AvgIpc) is 2.52. The number of alkyl halides is 3. The summed E-state index contributed by atoms with van der Waals surface area (Å²) in [6, 6.07) is 9.90. The molecule has 0 bridgehead atoms. The third-order valence-corrected chi connectivity index (χ3v) is 5.37. The summed E-state index contributed by atoms with van der Waals surface area (Å²) in [6.07, 6.45) is -4.67. The second kappa shape index (κ2) is 6.64. The number of rotatable bonds is 5. The maximum absolute atomic E-state index is 13.2. The Hall–Kier alpha value is -2.35. The summed E-state index contributed by atoms with van der Waals surface area (Å²) >= 11 is 0. The van der Waals surface area contributed by atoms with Crippen molar-refractivity contribution in [3.63, 3.8) is 0 Å². The zero-order chi connectivity index (χ0) is 18.0. The van der Waals surface area contributed by atoms with Crippen LogP contribution in [-0.2, 0) is 20.8 Å². The van der Waals surface area contributed by atoms with Crippen molar-refractivity contribution in [1.82, 2.24) is 5.32 Å². The highest BCUT2D eigenvalue weighted by Gasteiger charge is 2.39. The van der Waals surface area contributed by atoms with E-state index >= 15 is 0 Å². The lowest BCUT2D eigenvalue weighted by molar-refractivity contribution is -0.138. The van der Waals surface area contributed by atoms with E-state index in [2.05, 4.69) is 0 Å². The summed E-state index contributed by atoms with van der Waals surface area (Å²) in [5.41, 5.74) is -0.845. The van der Waals surface area contributed by atoms with Crippen LogP contribution in [-0.4, -0.2) is 14.8 Å². The molecular formula is C16H14F3NO3S. The van der Waals surface area contributed by atoms with Crippen molar-refractivity contribution >= 4 is 16.2 Å². The first-order valence-electron chi connectivity index (χ1n) is 6.84. The van der Waals surface area contributed by atoms with Crippen LogP contribution in [0.1, 0.15) is 22.1 Å². The smallest absolute Gasteiger partial charge is 0.338 e. The molecule has 0 aromatic heterocycles. The fourth-order valence-electron chi connectivity index (χ4n) is 2.26. The van der Waals surface area contributed by atoms with Crippen LogP contribution >= 0.6 is 0 Å². The van der Waals surface area contributed by atoms with E-state index in [1.54, 1.807) is 6.92 Å². The van der Waals surface area contributed by atoms with Gasteiger partial charge in [-0.25, -0.2) is 8.42 Å². The molecule has 0 radical (unpaired) electrons. The molecule has 0 saturated heterocycles. The lowest BCUT2D eigenvalue weighted by atomic mass is 10.1. The molecule has 0 saturated carbocycles. The summed E-state index contributed by atoms with van der Waals surface area (Å²) in [7, 11) is -4.26. The van der Waals surface area contributed by atoms with Gasteiger partial charge in [-0.15, -0.1) is 0 Å². The quantitative estimate of drug-likeness (QED) is 0.836. The summed E-state index contributed by atoms with van der Waals surface area (Å²) in [5, 5.41) is 0.159. The van der Waals surface area contributed by atoms with Crippen LogP contribution in [0.4, 0.5) is 13.2 Å². The van der Waals surface area contributed by atoms with Crippen molar-refractivity contribution in [3.8, 4) is 0 Å². The highest BCUT2D eigenvalue weighted by molar-refractivity contribution is 7.91. The number of benzene rings is 2. The Morgan fingerprint density at radius 1 is 1.04 bits per heavy atom. The van der Waals surface area contributed by atoms with E-state index in [9.17, 15) is 26.4 Å². The van der Waals surface area contributed by atoms with Crippen molar-refractivity contribution in [2.24, 2.45) is 0 Å². The molecule has 0 spiro atoms. The number of carbonyl (C=O) groups is 1. The van der Waals surface area contributed by atoms with Gasteiger partial charge in [0.2, 0.25) is 16.2 Å². The summed E-state index contributed by atoms with van der Waals surface area (Å²) in [6.45, 7) is 1.75. The maximum Gasteiger partial charge on any atom is 0.416 e. The van der Waals surface area contributed by atoms with Gasteiger partial charge in [0.05, 0.1) is 10.5 Å². The fourth-order valence-corrected chi connectivity index (χ4v) is 3.82. The van der Waals surface area contributed by atoms with E-state index in [-0.39, 0.29) is 11.3 Å². The number of halogens is 3. The van der Waals surface area contributed by atoms with E-state index in [1.165, 1.54) is 30.3 Å². The number of nitrogens with one attached hydrogen (secondary N) is 1. The molecule has 0 heterocycles. The second-order valence-corrected chi connectivity index (χ2v) is 7.14. The summed E-state index contributed by atoms with van der Waals surface area (Å²) < 4.78 is 65.0. The fraction of sp³-hybridized carbons (Fsp3) is 0.188. The molecule has 8 heteroatoms. The van der Waals surface area contributed by atoms with Crippen molar-refractivity contribution < 1.29 is 26.4 Å². The first kappa shape index (κ1) is 18.0. The minimum atomic E-state index is -4.75. The number of aryl methyl sites for hydroxylation is 1. The van der Waals surface area contributed by atoms with Crippen LogP contribution in [0, 0.1) is 6.92 Å². The molecule has 24 heavy (non-hydrogen) atoms. The van der Waals surface area contributed by atoms with Crippen LogP contribution in [0.2, 0.25) is 0 Å². The number of sulfone groups is 1. The van der Waals surface area contributed by atoms with Gasteiger partial charge < -0.3 is 5.32 Å². The highest BCUT2D eigenvalue weighted by Crippen LogP contribution is 2.37. The molecule has 128 valence electrons. The van der Waals surface area contributed by atoms with E-state index in [0.29, 0.717) is 0 Å². The molecule has 0 aliphatic heterocycles. The van der Waals surface area contributed by atoms with Crippen molar-refractivity contribution in [3.05, 3.63) is 65.2 Å². The number of hydrogen-bond acceptors (Lipinski definition) is 3. The predicted octanol–water partition coefficient (Wildman–Crippen LogP) is 3.23. The minimum Gasteiger partial charge on any atom is -0.338 e. The molecular weight excluding hydrogens is 343 g/mol. The Bertz CT molecular complexity index is 830. The van der Waals surface area contributed by atoms with Crippen LogP contribution in [0.5, 0.6) is 0 Å². The molecule has 2 rings (SSSR count). The molecule has 1 N–H and O–H groups in total. The maximum atomic E-state index is 13.2. The molecule has 4 nitrogen and oxygen atoms in total. The first-order valence-corrected chi connectivity index (χ1v) is 8.39. The SMILES string of the molecule is Cc1ccc(S(=O)(=O)C(NC=O)c2ccccc2C(F)(F)F)cc1. The van der Waals surface area contributed by atoms with Crippen molar-refractivity contribution in [1.29, 1.82) is 0 Å². The zero-order valence-electron chi connectivity index (χ0n) is 12.5. The predicted molar refractivity (Wildman–Crippen MR) is 81.7 cm³/mol. The van der Waals surface area contributed by atoms with Gasteiger partial charge in [0, 0.05) is 5.56 Å². The van der Waals surface area contributed by atoms with Gasteiger partial charge >= 0.3 is 6.18 Å². The second-order valence-electron chi connectivity index (χ2n) is 5.11. The number of amides is 1. The van der Waals surface area contributed by atoms with E-state index in [0.717, 1.165) is 23.8 Å². The van der Waals surface area contributed by atoms with Crippen LogP contribution in [0.3, 0.4) is 0 Å². The van der Waals surface area contributed by atoms with Gasteiger partial charge in [0.1, 0.15) is 0 Å². The van der Waals surface area contributed by atoms with Gasteiger partial charge in [-0.3, -0.25) is 4.79 Å². The Morgan fingerprint density at radius 3 is 2.17 bits per heavy atom. The molecule has 1 unspecified atom stereocenters. The molecule has 0 aliphatic rings. The number of hydrogen-bond donors (Lipinski definition) is 1. The van der Waals surface area contributed by atoms with Gasteiger partial charge in [-0.2, -0.15) is 13.2 Å². The third-order valence-electron chi connectivity index (χ3n) is 3.43. The van der Waals surface area contributed by atoms with Gasteiger partial charge in [0.15, 0.2) is 5.37 Å². The van der Waals surface area contributed by atoms with Gasteiger partial charge in [-0.1, -0.05) is 35.9 Å². The van der Waals surface area contributed by atoms with E-state index < -0.39 is 32.5 Å². The first-order chi connectivity index (χ1) is 11.2. The number of carbonyl (C=O) groups excluding carboxylic acids is 1. The van der Waals surface area contributed by atoms with Crippen LogP contribution in [0.15, 0.2) is 53.4 Å².